The van der Waals surface area contributed by atoms with Gasteiger partial charge in [0.2, 0.25) is 0 Å². The van der Waals surface area contributed by atoms with Crippen LogP contribution in [0.1, 0.15) is 37.3 Å². The van der Waals surface area contributed by atoms with Crippen LogP contribution in [0.4, 0.5) is 5.69 Å². The molecule has 2 unspecified atom stereocenters. The van der Waals surface area contributed by atoms with Gasteiger partial charge in [0.25, 0.3) is 0 Å². The van der Waals surface area contributed by atoms with Crippen molar-refractivity contribution in [1.29, 1.82) is 0 Å². The third kappa shape index (κ3) is 3.21. The van der Waals surface area contributed by atoms with Crippen molar-refractivity contribution in [2.24, 2.45) is 5.92 Å². The predicted octanol–water partition coefficient (Wildman–Crippen LogP) is 2.74. The van der Waals surface area contributed by atoms with E-state index in [4.69, 9.17) is 10.5 Å². The number of nitrogens with two attached hydrogens (primary N) is 1. The van der Waals surface area contributed by atoms with Gasteiger partial charge in [-0.2, -0.15) is 5.10 Å². The number of ether oxygens (including phenoxy) is 1. The van der Waals surface area contributed by atoms with Gasteiger partial charge in [-0.25, -0.2) is 0 Å². The summed E-state index contributed by atoms with van der Waals surface area (Å²) in [6.45, 7) is 1.99. The fourth-order valence-electron chi connectivity index (χ4n) is 3.18. The summed E-state index contributed by atoms with van der Waals surface area (Å²) in [5, 5.41) is 4.63. The molecule has 2 aromatic rings. The van der Waals surface area contributed by atoms with Gasteiger partial charge in [0.05, 0.1) is 30.5 Å². The molecule has 0 aliphatic heterocycles. The van der Waals surface area contributed by atoms with Crippen LogP contribution in [-0.2, 0) is 9.53 Å². The Bertz CT molecular complexity index is 693. The van der Waals surface area contributed by atoms with E-state index in [1.165, 1.54) is 7.11 Å². The molecule has 1 saturated carbocycles. The van der Waals surface area contributed by atoms with E-state index < -0.39 is 0 Å². The zero-order valence-electron chi connectivity index (χ0n) is 13.5. The van der Waals surface area contributed by atoms with E-state index in [1.807, 2.05) is 36.1 Å². The summed E-state index contributed by atoms with van der Waals surface area (Å²) in [5.41, 5.74) is 9.30. The Morgan fingerprint density at radius 3 is 2.91 bits per heavy atom. The zero-order valence-corrected chi connectivity index (χ0v) is 13.5. The van der Waals surface area contributed by atoms with Gasteiger partial charge in [-0.15, -0.1) is 0 Å². The quantitative estimate of drug-likeness (QED) is 0.881. The van der Waals surface area contributed by atoms with Gasteiger partial charge in [0.15, 0.2) is 0 Å². The van der Waals surface area contributed by atoms with Crippen molar-refractivity contribution in [3.63, 3.8) is 0 Å². The maximum atomic E-state index is 11.8. The molecule has 0 saturated heterocycles. The van der Waals surface area contributed by atoms with Gasteiger partial charge in [-0.1, -0.05) is 12.5 Å². The number of hydrogen-bond acceptors (Lipinski definition) is 5. The number of hydrogen-bond donors (Lipinski definition) is 1. The van der Waals surface area contributed by atoms with E-state index in [2.05, 4.69) is 10.1 Å². The van der Waals surface area contributed by atoms with Crippen LogP contribution in [0.15, 0.2) is 24.5 Å². The van der Waals surface area contributed by atoms with Crippen LogP contribution in [-0.4, -0.2) is 27.8 Å². The molecule has 0 bridgehead atoms. The molecule has 2 N–H and O–H groups in total. The minimum atomic E-state index is -0.129. The van der Waals surface area contributed by atoms with Gasteiger partial charge < -0.3 is 10.5 Å². The minimum absolute atomic E-state index is 0.0508. The van der Waals surface area contributed by atoms with Crippen molar-refractivity contribution < 1.29 is 9.53 Å². The molecule has 6 heteroatoms. The molecule has 2 atom stereocenters. The summed E-state index contributed by atoms with van der Waals surface area (Å²) in [6, 6.07) is 4.10. The van der Waals surface area contributed by atoms with Crippen LogP contribution in [0.2, 0.25) is 0 Å². The van der Waals surface area contributed by atoms with Crippen molar-refractivity contribution in [2.45, 2.75) is 38.6 Å². The first-order chi connectivity index (χ1) is 11.1. The normalized spacial score (nSPS) is 21.1. The number of carbonyl (C=O) groups excluding carboxylic acids is 1. The Morgan fingerprint density at radius 1 is 1.39 bits per heavy atom. The number of pyridine rings is 1. The average molecular weight is 314 g/mol. The number of carbonyl (C=O) groups is 1. The lowest BCUT2D eigenvalue weighted by Gasteiger charge is -2.27. The Labute approximate surface area is 135 Å². The van der Waals surface area contributed by atoms with Crippen LogP contribution in [0, 0.1) is 12.8 Å². The fourth-order valence-corrected chi connectivity index (χ4v) is 3.18. The van der Waals surface area contributed by atoms with Gasteiger partial charge in [0.1, 0.15) is 5.69 Å². The molecule has 1 aliphatic carbocycles. The number of aryl methyl sites for hydroxylation is 1. The second kappa shape index (κ2) is 6.40. The molecule has 2 aromatic heterocycles. The number of anilines is 1. The lowest BCUT2D eigenvalue weighted by atomic mass is 9.86. The van der Waals surface area contributed by atoms with Crippen LogP contribution < -0.4 is 5.73 Å². The van der Waals surface area contributed by atoms with Crippen LogP contribution in [0.3, 0.4) is 0 Å². The number of nitrogens with zero attached hydrogens (tertiary/aromatic N) is 3. The van der Waals surface area contributed by atoms with Crippen molar-refractivity contribution in [3.8, 4) is 11.4 Å². The van der Waals surface area contributed by atoms with Crippen molar-refractivity contribution >= 4 is 11.7 Å². The largest absolute Gasteiger partial charge is 0.469 e. The Hall–Kier alpha value is -2.37. The van der Waals surface area contributed by atoms with Gasteiger partial charge in [-0.3, -0.25) is 14.5 Å². The van der Waals surface area contributed by atoms with Crippen molar-refractivity contribution in [2.75, 3.05) is 12.8 Å². The van der Waals surface area contributed by atoms with E-state index in [9.17, 15) is 4.79 Å². The first-order valence-corrected chi connectivity index (χ1v) is 7.94. The van der Waals surface area contributed by atoms with Gasteiger partial charge in [0, 0.05) is 12.4 Å². The second-order valence-electron chi connectivity index (χ2n) is 6.17. The van der Waals surface area contributed by atoms with E-state index in [0.29, 0.717) is 11.4 Å². The number of rotatable bonds is 3. The van der Waals surface area contributed by atoms with E-state index in [-0.39, 0.29) is 17.9 Å². The maximum absolute atomic E-state index is 11.8. The predicted molar refractivity (Wildman–Crippen MR) is 87.6 cm³/mol. The zero-order chi connectivity index (χ0) is 16.4. The van der Waals surface area contributed by atoms with Crippen LogP contribution in [0.5, 0.6) is 0 Å². The highest BCUT2D eigenvalue weighted by Gasteiger charge is 2.29. The molecular weight excluding hydrogens is 292 g/mol. The highest BCUT2D eigenvalue weighted by atomic mass is 16.5. The summed E-state index contributed by atoms with van der Waals surface area (Å²) in [7, 11) is 1.44. The number of nitrogen functional groups attached to an aromatic ring is 1. The number of aromatic nitrogens is 3. The average Bonchev–Trinajstić information content (AvgIpc) is 2.97. The number of esters is 1. The fraction of sp³-hybridized carbons (Fsp3) is 0.471. The third-order valence-electron chi connectivity index (χ3n) is 4.47. The van der Waals surface area contributed by atoms with Gasteiger partial charge in [-0.05, 0) is 37.8 Å². The second-order valence-corrected chi connectivity index (χ2v) is 6.17. The molecule has 6 nitrogen and oxygen atoms in total. The smallest absolute Gasteiger partial charge is 0.308 e. The summed E-state index contributed by atoms with van der Waals surface area (Å²) in [6.07, 6.45) is 7.27. The first kappa shape index (κ1) is 15.5. The monoisotopic (exact) mass is 314 g/mol. The molecule has 1 fully saturated rings. The minimum Gasteiger partial charge on any atom is -0.469 e. The van der Waals surface area contributed by atoms with E-state index >= 15 is 0 Å². The molecule has 0 aromatic carbocycles. The maximum Gasteiger partial charge on any atom is 0.308 e. The summed E-state index contributed by atoms with van der Waals surface area (Å²) in [4.78, 5) is 16.2. The van der Waals surface area contributed by atoms with Crippen molar-refractivity contribution in [1.82, 2.24) is 14.8 Å². The highest BCUT2D eigenvalue weighted by Crippen LogP contribution is 2.34. The molecule has 0 spiro atoms. The molecule has 3 rings (SSSR count). The third-order valence-corrected chi connectivity index (χ3v) is 4.47. The van der Waals surface area contributed by atoms with Crippen molar-refractivity contribution in [3.05, 3.63) is 30.1 Å². The summed E-state index contributed by atoms with van der Waals surface area (Å²) < 4.78 is 6.77. The SMILES string of the molecule is COC(=O)C1CCCC(n2cc(N)c(-c3ccc(C)cn3)n2)C1. The Kier molecular flexibility index (Phi) is 4.32. The summed E-state index contributed by atoms with van der Waals surface area (Å²) in [5.74, 6) is -0.180. The van der Waals surface area contributed by atoms with Crippen LogP contribution >= 0.6 is 0 Å². The van der Waals surface area contributed by atoms with Crippen LogP contribution in [0.25, 0.3) is 11.4 Å². The Balaban J connectivity index is 1.82. The summed E-state index contributed by atoms with van der Waals surface area (Å²) >= 11 is 0. The van der Waals surface area contributed by atoms with E-state index in [0.717, 1.165) is 36.9 Å². The molecule has 23 heavy (non-hydrogen) atoms. The molecule has 0 radical (unpaired) electrons. The topological polar surface area (TPSA) is 83.0 Å². The molecule has 2 heterocycles. The first-order valence-electron chi connectivity index (χ1n) is 7.94. The Morgan fingerprint density at radius 2 is 2.22 bits per heavy atom. The standard InChI is InChI=1S/C17H22N4O2/c1-11-6-7-15(19-9-11)16-14(18)10-21(20-16)13-5-3-4-12(8-13)17(22)23-2/h6-7,9-10,12-13H,3-5,8,18H2,1-2H3. The highest BCUT2D eigenvalue weighted by molar-refractivity contribution is 5.72. The van der Waals surface area contributed by atoms with Gasteiger partial charge >= 0.3 is 5.97 Å². The van der Waals surface area contributed by atoms with E-state index in [1.54, 1.807) is 0 Å². The molecular formula is C17H22N4O2. The number of methoxy groups -OCH3 is 1. The molecule has 1 aliphatic rings. The lowest BCUT2D eigenvalue weighted by Crippen LogP contribution is -2.26. The molecule has 122 valence electrons. The lowest BCUT2D eigenvalue weighted by molar-refractivity contribution is -0.147. The molecule has 0 amide bonds.